The van der Waals surface area contributed by atoms with Crippen LogP contribution in [0.15, 0.2) is 18.2 Å². The largest absolute Gasteiger partial charge is 0.444 e. The molecule has 1 aliphatic heterocycles. The average molecular weight is 428 g/mol. The van der Waals surface area contributed by atoms with Gasteiger partial charge in [-0.2, -0.15) is 0 Å². The second-order valence-electron chi connectivity index (χ2n) is 9.11. The highest BCUT2D eigenvalue weighted by atomic mass is 16.6. The second kappa shape index (κ2) is 8.61. The van der Waals surface area contributed by atoms with E-state index in [2.05, 4.69) is 5.32 Å². The number of ketones is 2. The summed E-state index contributed by atoms with van der Waals surface area (Å²) in [4.78, 5) is 63.3. The van der Waals surface area contributed by atoms with Gasteiger partial charge in [-0.15, -0.1) is 0 Å². The summed E-state index contributed by atoms with van der Waals surface area (Å²) >= 11 is 0. The number of hydrogen-bond acceptors (Lipinski definition) is 6. The first-order valence-electron chi connectivity index (χ1n) is 10.5. The lowest BCUT2D eigenvalue weighted by molar-refractivity contribution is -0.137. The summed E-state index contributed by atoms with van der Waals surface area (Å²) in [5, 5.41) is 2.23. The zero-order valence-electron chi connectivity index (χ0n) is 18.3. The van der Waals surface area contributed by atoms with Crippen molar-refractivity contribution in [2.75, 3.05) is 13.6 Å². The number of nitrogens with zero attached hydrogens (tertiary/aromatic N) is 1. The van der Waals surface area contributed by atoms with Crippen molar-refractivity contribution >= 4 is 29.5 Å². The van der Waals surface area contributed by atoms with Crippen LogP contribution in [0, 0.1) is 11.8 Å². The summed E-state index contributed by atoms with van der Waals surface area (Å²) in [6.45, 7) is 5.83. The molecule has 1 heterocycles. The predicted molar refractivity (Wildman–Crippen MR) is 112 cm³/mol. The number of piperidine rings is 1. The van der Waals surface area contributed by atoms with Crippen molar-refractivity contribution in [2.24, 2.45) is 11.8 Å². The van der Waals surface area contributed by atoms with Gasteiger partial charge in [0.1, 0.15) is 5.60 Å². The summed E-state index contributed by atoms with van der Waals surface area (Å²) in [6, 6.07) is 5.13. The fourth-order valence-electron chi connectivity index (χ4n) is 4.08. The van der Waals surface area contributed by atoms with Crippen molar-refractivity contribution in [3.8, 4) is 0 Å². The van der Waals surface area contributed by atoms with Gasteiger partial charge in [0.05, 0.1) is 11.8 Å². The number of benzene rings is 1. The van der Waals surface area contributed by atoms with Gasteiger partial charge in [0.15, 0.2) is 11.6 Å². The Morgan fingerprint density at radius 1 is 1.16 bits per heavy atom. The van der Waals surface area contributed by atoms with E-state index in [0.717, 1.165) is 5.56 Å². The highest BCUT2D eigenvalue weighted by Gasteiger charge is 2.48. The number of carbonyl (C=O) groups is 5. The Hall–Kier alpha value is -3.03. The molecule has 2 aliphatic rings. The van der Waals surface area contributed by atoms with Crippen molar-refractivity contribution < 1.29 is 28.7 Å². The van der Waals surface area contributed by atoms with Crippen molar-refractivity contribution in [1.29, 1.82) is 0 Å². The molecule has 2 unspecified atom stereocenters. The first kappa shape index (κ1) is 22.7. The van der Waals surface area contributed by atoms with Crippen molar-refractivity contribution in [3.05, 3.63) is 34.9 Å². The van der Waals surface area contributed by atoms with E-state index in [4.69, 9.17) is 4.74 Å². The minimum Gasteiger partial charge on any atom is -0.444 e. The van der Waals surface area contributed by atoms with Crippen LogP contribution >= 0.6 is 0 Å². The van der Waals surface area contributed by atoms with Gasteiger partial charge in [0.2, 0.25) is 11.8 Å². The molecule has 1 saturated heterocycles. The van der Waals surface area contributed by atoms with Gasteiger partial charge in [0, 0.05) is 31.1 Å². The summed E-state index contributed by atoms with van der Waals surface area (Å²) in [5.41, 5.74) is 0.840. The molecule has 1 aromatic carbocycles. The number of nitrogens with one attached hydrogen (secondary N) is 1. The third-order valence-electron chi connectivity index (χ3n) is 5.56. The second-order valence-corrected chi connectivity index (χ2v) is 9.11. The molecule has 2 atom stereocenters. The zero-order valence-corrected chi connectivity index (χ0v) is 18.3. The average Bonchev–Trinajstić information content (AvgIpc) is 2.92. The van der Waals surface area contributed by atoms with E-state index in [1.165, 1.54) is 4.90 Å². The molecular weight excluding hydrogens is 400 g/mol. The lowest BCUT2D eigenvalue weighted by Gasteiger charge is -2.24. The van der Waals surface area contributed by atoms with Crippen LogP contribution in [0.5, 0.6) is 0 Å². The number of imide groups is 1. The third-order valence-corrected chi connectivity index (χ3v) is 5.56. The number of carbonyl (C=O) groups excluding carboxylic acids is 5. The van der Waals surface area contributed by atoms with Crippen LogP contribution in [-0.4, -0.2) is 53.6 Å². The van der Waals surface area contributed by atoms with Crippen LogP contribution in [0.1, 0.15) is 66.3 Å². The van der Waals surface area contributed by atoms with E-state index >= 15 is 0 Å². The normalized spacial score (nSPS) is 21.0. The van der Waals surface area contributed by atoms with Gasteiger partial charge in [-0.1, -0.05) is 18.2 Å². The third kappa shape index (κ3) is 4.84. The highest BCUT2D eigenvalue weighted by molar-refractivity contribution is 6.28. The molecule has 1 aliphatic carbocycles. The lowest BCUT2D eigenvalue weighted by Crippen LogP contribution is -2.46. The van der Waals surface area contributed by atoms with Crippen LogP contribution in [0.25, 0.3) is 0 Å². The van der Waals surface area contributed by atoms with E-state index in [1.54, 1.807) is 46.0 Å². The Morgan fingerprint density at radius 3 is 2.52 bits per heavy atom. The summed E-state index contributed by atoms with van der Waals surface area (Å²) in [6.07, 6.45) is 0.966. The van der Waals surface area contributed by atoms with Gasteiger partial charge in [-0.25, -0.2) is 4.79 Å². The molecule has 31 heavy (non-hydrogen) atoms. The number of fused-ring (bicyclic) bond motifs is 1. The maximum Gasteiger partial charge on any atom is 0.410 e. The molecule has 0 bridgehead atoms. The first-order valence-corrected chi connectivity index (χ1v) is 10.5. The number of aryl methyl sites for hydroxylation is 1. The predicted octanol–water partition coefficient (Wildman–Crippen LogP) is 2.53. The fraction of sp³-hybridized carbons (Fsp3) is 0.522. The monoisotopic (exact) mass is 428 g/mol. The van der Waals surface area contributed by atoms with Crippen molar-refractivity contribution in [3.63, 3.8) is 0 Å². The maximum absolute atomic E-state index is 13.1. The molecule has 1 aromatic rings. The number of Topliss-reactive ketones (excluding diaryl/α,β-unsaturated/α-hetero) is 2. The number of ether oxygens (including phenoxy) is 1. The summed E-state index contributed by atoms with van der Waals surface area (Å²) in [5.74, 6) is -3.56. The van der Waals surface area contributed by atoms with Gasteiger partial charge in [0.25, 0.3) is 0 Å². The topological polar surface area (TPSA) is 110 Å². The Balaban J connectivity index is 1.70. The highest BCUT2D eigenvalue weighted by Crippen LogP contribution is 2.37. The fourth-order valence-corrected chi connectivity index (χ4v) is 4.08. The quantitative estimate of drug-likeness (QED) is 0.570. The SMILES string of the molecule is CN(CCCc1cccc2c1C(=O)C(C1CCC(=O)NC1=O)C2=O)C(=O)OC(C)(C)C. The number of amides is 3. The van der Waals surface area contributed by atoms with E-state index in [-0.39, 0.29) is 30.3 Å². The molecule has 8 heteroatoms. The number of rotatable bonds is 5. The van der Waals surface area contributed by atoms with Crippen molar-refractivity contribution in [2.45, 2.75) is 52.1 Å². The Morgan fingerprint density at radius 2 is 1.87 bits per heavy atom. The molecule has 1 fully saturated rings. The zero-order chi connectivity index (χ0) is 22.9. The molecule has 0 spiro atoms. The van der Waals surface area contributed by atoms with Crippen LogP contribution < -0.4 is 5.32 Å². The molecule has 0 saturated carbocycles. The van der Waals surface area contributed by atoms with E-state index in [0.29, 0.717) is 30.5 Å². The molecule has 0 radical (unpaired) electrons. The van der Waals surface area contributed by atoms with E-state index in [1.807, 2.05) is 0 Å². The Bertz CT molecular complexity index is 946. The van der Waals surface area contributed by atoms with Crippen LogP contribution in [0.4, 0.5) is 4.79 Å². The Labute approximate surface area is 181 Å². The molecule has 1 N–H and O–H groups in total. The molecule has 166 valence electrons. The number of hydrogen-bond donors (Lipinski definition) is 1. The Kier molecular flexibility index (Phi) is 6.29. The lowest BCUT2D eigenvalue weighted by atomic mass is 9.82. The van der Waals surface area contributed by atoms with Gasteiger partial charge < -0.3 is 9.64 Å². The van der Waals surface area contributed by atoms with E-state index in [9.17, 15) is 24.0 Å². The minimum absolute atomic E-state index is 0.119. The molecule has 8 nitrogen and oxygen atoms in total. The molecule has 3 rings (SSSR count). The smallest absolute Gasteiger partial charge is 0.410 e. The van der Waals surface area contributed by atoms with Gasteiger partial charge in [-0.3, -0.25) is 24.5 Å². The summed E-state index contributed by atoms with van der Waals surface area (Å²) < 4.78 is 5.33. The minimum atomic E-state index is -1.08. The maximum atomic E-state index is 13.1. The first-order chi connectivity index (χ1) is 14.5. The van der Waals surface area contributed by atoms with Gasteiger partial charge in [-0.05, 0) is 45.6 Å². The van der Waals surface area contributed by atoms with Crippen LogP contribution in [-0.2, 0) is 20.7 Å². The molecule has 3 amide bonds. The molecule has 0 aromatic heterocycles. The van der Waals surface area contributed by atoms with Gasteiger partial charge >= 0.3 is 6.09 Å². The standard InChI is InChI=1S/C23H28N2O6/c1-23(2,3)31-22(30)25(4)12-6-8-13-7-5-9-14-17(13)20(28)18(19(14)27)15-10-11-16(26)24-21(15)29/h5,7,9,15,18H,6,8,10-12H2,1-4H3,(H,24,26,29). The van der Waals surface area contributed by atoms with Crippen LogP contribution in [0.2, 0.25) is 0 Å². The summed E-state index contributed by atoms with van der Waals surface area (Å²) in [7, 11) is 1.65. The van der Waals surface area contributed by atoms with E-state index < -0.39 is 29.4 Å². The van der Waals surface area contributed by atoms with Crippen LogP contribution in [0.3, 0.4) is 0 Å². The molecular formula is C23H28N2O6. The van der Waals surface area contributed by atoms with Crippen molar-refractivity contribution in [1.82, 2.24) is 10.2 Å².